The van der Waals surface area contributed by atoms with Crippen molar-refractivity contribution in [3.63, 3.8) is 0 Å². The fraction of sp³-hybridized carbons (Fsp3) is 0.143. The maximum atomic E-state index is 10.8. The average molecular weight is 283 g/mol. The molecule has 0 aliphatic heterocycles. The number of nitrogens with zero attached hydrogens (tertiary/aromatic N) is 3. The van der Waals surface area contributed by atoms with Crippen LogP contribution in [0.4, 0.5) is 5.82 Å². The molecule has 2 N–H and O–H groups in total. The molecule has 0 unspecified atom stereocenters. The van der Waals surface area contributed by atoms with Crippen LogP contribution in [0.15, 0.2) is 36.9 Å². The van der Waals surface area contributed by atoms with E-state index in [1.165, 1.54) is 13.3 Å². The van der Waals surface area contributed by atoms with Crippen LogP contribution < -0.4 is 10.1 Å². The highest BCUT2D eigenvalue weighted by Gasteiger charge is 2.05. The molecule has 21 heavy (non-hydrogen) atoms. The van der Waals surface area contributed by atoms with E-state index in [9.17, 15) is 4.79 Å². The van der Waals surface area contributed by atoms with Gasteiger partial charge < -0.3 is 15.0 Å². The summed E-state index contributed by atoms with van der Waals surface area (Å²) >= 11 is 0. The molecule has 0 saturated carbocycles. The normalized spacial score (nSPS) is 10.5. The zero-order chi connectivity index (χ0) is 14.7. The predicted octanol–water partition coefficient (Wildman–Crippen LogP) is 1.89. The van der Waals surface area contributed by atoms with E-state index in [2.05, 4.69) is 25.3 Å². The molecular weight excluding hydrogens is 270 g/mol. The van der Waals surface area contributed by atoms with E-state index in [1.54, 1.807) is 18.5 Å². The highest BCUT2D eigenvalue weighted by Crippen LogP contribution is 2.17. The van der Waals surface area contributed by atoms with Gasteiger partial charge in [0.05, 0.1) is 6.33 Å². The Bertz CT molecular complexity index is 766. The van der Waals surface area contributed by atoms with Crippen LogP contribution in [-0.4, -0.2) is 25.9 Å². The maximum Gasteiger partial charge on any atom is 0.308 e. The summed E-state index contributed by atoms with van der Waals surface area (Å²) in [5.74, 6) is 0.898. The zero-order valence-corrected chi connectivity index (χ0v) is 11.3. The molecule has 2 aromatic heterocycles. The van der Waals surface area contributed by atoms with Crippen LogP contribution in [0.5, 0.6) is 5.75 Å². The largest absolute Gasteiger partial charge is 0.427 e. The van der Waals surface area contributed by atoms with Crippen molar-refractivity contribution in [1.29, 1.82) is 0 Å². The van der Waals surface area contributed by atoms with E-state index >= 15 is 0 Å². The fourth-order valence-electron chi connectivity index (χ4n) is 1.93. The van der Waals surface area contributed by atoms with E-state index in [1.807, 2.05) is 12.1 Å². The Hall–Kier alpha value is -2.96. The average Bonchev–Trinajstić information content (AvgIpc) is 2.95. The zero-order valence-electron chi connectivity index (χ0n) is 11.3. The van der Waals surface area contributed by atoms with Crippen molar-refractivity contribution >= 4 is 23.0 Å². The number of rotatable bonds is 4. The summed E-state index contributed by atoms with van der Waals surface area (Å²) < 4.78 is 4.99. The fourth-order valence-corrected chi connectivity index (χ4v) is 1.93. The smallest absolute Gasteiger partial charge is 0.308 e. The third kappa shape index (κ3) is 2.97. The molecule has 1 aromatic carbocycles. The van der Waals surface area contributed by atoms with Crippen molar-refractivity contribution in [2.24, 2.45) is 0 Å². The monoisotopic (exact) mass is 283 g/mol. The molecule has 0 atom stereocenters. The van der Waals surface area contributed by atoms with Gasteiger partial charge in [0.1, 0.15) is 17.6 Å². The molecule has 2 heterocycles. The number of carbonyl (C=O) groups is 1. The number of hydrogen-bond acceptors (Lipinski definition) is 6. The summed E-state index contributed by atoms with van der Waals surface area (Å²) in [7, 11) is 0. The Labute approximate surface area is 120 Å². The minimum absolute atomic E-state index is 0.330. The lowest BCUT2D eigenvalue weighted by molar-refractivity contribution is -0.131. The first kappa shape index (κ1) is 13.0. The standard InChI is InChI=1S/C14H13N5O2/c1-9(20)21-11-4-2-10(3-5-11)6-15-13-12-14(17-7-16-12)19-8-18-13/h2-5,7-8H,6H2,1H3,(H2,15,16,17,18,19). The van der Waals surface area contributed by atoms with Gasteiger partial charge in [-0.1, -0.05) is 12.1 Å². The Morgan fingerprint density at radius 1 is 1.24 bits per heavy atom. The molecule has 0 spiro atoms. The lowest BCUT2D eigenvalue weighted by Gasteiger charge is -2.07. The van der Waals surface area contributed by atoms with Crippen molar-refractivity contribution < 1.29 is 9.53 Å². The van der Waals surface area contributed by atoms with Crippen molar-refractivity contribution in [1.82, 2.24) is 19.9 Å². The summed E-state index contributed by atoms with van der Waals surface area (Å²) in [5, 5.41) is 3.22. The highest BCUT2D eigenvalue weighted by molar-refractivity contribution is 5.81. The number of esters is 1. The van der Waals surface area contributed by atoms with Gasteiger partial charge in [0, 0.05) is 13.5 Å². The van der Waals surface area contributed by atoms with Gasteiger partial charge in [-0.25, -0.2) is 15.0 Å². The highest BCUT2D eigenvalue weighted by atomic mass is 16.5. The van der Waals surface area contributed by atoms with E-state index < -0.39 is 0 Å². The Morgan fingerprint density at radius 2 is 2.05 bits per heavy atom. The van der Waals surface area contributed by atoms with Gasteiger partial charge >= 0.3 is 5.97 Å². The number of benzene rings is 1. The lowest BCUT2D eigenvalue weighted by atomic mass is 10.2. The van der Waals surface area contributed by atoms with Crippen LogP contribution in [0.1, 0.15) is 12.5 Å². The van der Waals surface area contributed by atoms with Gasteiger partial charge in [-0.15, -0.1) is 0 Å². The minimum Gasteiger partial charge on any atom is -0.427 e. The van der Waals surface area contributed by atoms with Gasteiger partial charge in [0.2, 0.25) is 0 Å². The number of aromatic amines is 1. The molecule has 0 aliphatic carbocycles. The Balaban J connectivity index is 1.70. The van der Waals surface area contributed by atoms with Crippen LogP contribution in [0.25, 0.3) is 11.2 Å². The number of aromatic nitrogens is 4. The van der Waals surface area contributed by atoms with E-state index in [-0.39, 0.29) is 5.97 Å². The number of carbonyl (C=O) groups excluding carboxylic acids is 1. The Morgan fingerprint density at radius 3 is 2.81 bits per heavy atom. The van der Waals surface area contributed by atoms with Gasteiger partial charge in [-0.2, -0.15) is 0 Å². The first-order valence-corrected chi connectivity index (χ1v) is 6.37. The second-order valence-corrected chi connectivity index (χ2v) is 4.41. The summed E-state index contributed by atoms with van der Waals surface area (Å²) in [5.41, 5.74) is 2.43. The molecule has 0 saturated heterocycles. The van der Waals surface area contributed by atoms with Crippen molar-refractivity contribution in [2.75, 3.05) is 5.32 Å². The number of nitrogens with one attached hydrogen (secondary N) is 2. The predicted molar refractivity (Wildman–Crippen MR) is 76.8 cm³/mol. The van der Waals surface area contributed by atoms with E-state index in [4.69, 9.17) is 4.74 Å². The first-order chi connectivity index (χ1) is 10.2. The number of imidazole rings is 1. The van der Waals surface area contributed by atoms with E-state index in [0.717, 1.165) is 11.1 Å². The van der Waals surface area contributed by atoms with Crippen molar-refractivity contribution in [3.05, 3.63) is 42.5 Å². The molecular formula is C14H13N5O2. The number of H-pyrrole nitrogens is 1. The molecule has 0 radical (unpaired) electrons. The number of ether oxygens (including phenoxy) is 1. The van der Waals surface area contributed by atoms with Gasteiger partial charge in [0.25, 0.3) is 0 Å². The minimum atomic E-state index is -0.330. The van der Waals surface area contributed by atoms with Crippen LogP contribution in [0, 0.1) is 0 Å². The second kappa shape index (κ2) is 5.58. The quantitative estimate of drug-likeness (QED) is 0.561. The maximum absolute atomic E-state index is 10.8. The summed E-state index contributed by atoms with van der Waals surface area (Å²) in [4.78, 5) is 26.2. The van der Waals surface area contributed by atoms with Crippen LogP contribution >= 0.6 is 0 Å². The lowest BCUT2D eigenvalue weighted by Crippen LogP contribution is -2.04. The van der Waals surface area contributed by atoms with E-state index in [0.29, 0.717) is 23.8 Å². The molecule has 0 amide bonds. The second-order valence-electron chi connectivity index (χ2n) is 4.41. The van der Waals surface area contributed by atoms with Crippen LogP contribution in [0.3, 0.4) is 0 Å². The SMILES string of the molecule is CC(=O)Oc1ccc(CNc2ncnc3nc[nH]c23)cc1. The summed E-state index contributed by atoms with van der Waals surface area (Å²) in [6, 6.07) is 7.28. The first-order valence-electron chi connectivity index (χ1n) is 6.37. The third-order valence-electron chi connectivity index (χ3n) is 2.87. The van der Waals surface area contributed by atoms with Crippen molar-refractivity contribution in [3.8, 4) is 5.75 Å². The van der Waals surface area contributed by atoms with Gasteiger partial charge in [-0.05, 0) is 17.7 Å². The number of fused-ring (bicyclic) bond motifs is 1. The van der Waals surface area contributed by atoms with Crippen LogP contribution in [0.2, 0.25) is 0 Å². The molecule has 3 rings (SSSR count). The molecule has 0 fully saturated rings. The molecule has 3 aromatic rings. The van der Waals surface area contributed by atoms with Gasteiger partial charge in [0.15, 0.2) is 11.5 Å². The number of hydrogen-bond donors (Lipinski definition) is 2. The van der Waals surface area contributed by atoms with Crippen LogP contribution in [-0.2, 0) is 11.3 Å². The topological polar surface area (TPSA) is 92.8 Å². The van der Waals surface area contributed by atoms with Gasteiger partial charge in [-0.3, -0.25) is 4.79 Å². The summed E-state index contributed by atoms with van der Waals surface area (Å²) in [6.07, 6.45) is 3.05. The molecule has 106 valence electrons. The molecule has 0 bridgehead atoms. The number of anilines is 1. The molecule has 0 aliphatic rings. The molecule has 7 nitrogen and oxygen atoms in total. The van der Waals surface area contributed by atoms with Crippen molar-refractivity contribution in [2.45, 2.75) is 13.5 Å². The summed E-state index contributed by atoms with van der Waals surface area (Å²) in [6.45, 7) is 1.96. The molecule has 7 heteroatoms. The Kier molecular flexibility index (Phi) is 3.46. The third-order valence-corrected chi connectivity index (χ3v) is 2.87.